The largest absolute Gasteiger partial charge is 0.495 e. The molecule has 23 heavy (non-hydrogen) atoms. The van der Waals surface area contributed by atoms with E-state index in [4.69, 9.17) is 16.3 Å². The Kier molecular flexibility index (Phi) is 4.30. The maximum Gasteiger partial charge on any atom is 0.258 e. The molecule has 116 valence electrons. The van der Waals surface area contributed by atoms with E-state index in [0.717, 1.165) is 5.69 Å². The maximum absolute atomic E-state index is 12.4. The van der Waals surface area contributed by atoms with Crippen LogP contribution < -0.4 is 10.1 Å². The summed E-state index contributed by atoms with van der Waals surface area (Å²) >= 11 is 5.96. The van der Waals surface area contributed by atoms with E-state index < -0.39 is 0 Å². The van der Waals surface area contributed by atoms with Crippen LogP contribution in [0, 0.1) is 0 Å². The van der Waals surface area contributed by atoms with Gasteiger partial charge in [0.05, 0.1) is 30.2 Å². The molecule has 6 heteroatoms. The summed E-state index contributed by atoms with van der Waals surface area (Å²) in [6.45, 7) is 0. The number of hydrogen-bond acceptors (Lipinski definition) is 3. The van der Waals surface area contributed by atoms with Crippen molar-refractivity contribution < 1.29 is 9.53 Å². The summed E-state index contributed by atoms with van der Waals surface area (Å²) in [6.07, 6.45) is 3.18. The highest BCUT2D eigenvalue weighted by molar-refractivity contribution is 6.31. The van der Waals surface area contributed by atoms with Crippen LogP contribution in [0.4, 0.5) is 5.69 Å². The van der Waals surface area contributed by atoms with Gasteiger partial charge >= 0.3 is 0 Å². The van der Waals surface area contributed by atoms with Crippen molar-refractivity contribution in [2.45, 2.75) is 0 Å². The Bertz CT molecular complexity index is 831. The second-order valence-corrected chi connectivity index (χ2v) is 5.24. The third kappa shape index (κ3) is 3.35. The number of anilines is 1. The smallest absolute Gasteiger partial charge is 0.258 e. The number of methoxy groups -OCH3 is 1. The van der Waals surface area contributed by atoms with Gasteiger partial charge in [0.2, 0.25) is 0 Å². The molecule has 2 aromatic carbocycles. The molecule has 0 fully saturated rings. The van der Waals surface area contributed by atoms with E-state index in [0.29, 0.717) is 22.0 Å². The lowest BCUT2D eigenvalue weighted by Gasteiger charge is -2.09. The number of ether oxygens (including phenoxy) is 1. The number of carbonyl (C=O) groups is 1. The fourth-order valence-electron chi connectivity index (χ4n) is 2.13. The molecule has 3 rings (SSSR count). The molecule has 0 atom stereocenters. The van der Waals surface area contributed by atoms with E-state index in [2.05, 4.69) is 10.4 Å². The van der Waals surface area contributed by atoms with Gasteiger partial charge in [-0.05, 0) is 30.3 Å². The highest BCUT2D eigenvalue weighted by Gasteiger charge is 2.12. The van der Waals surface area contributed by atoms with Gasteiger partial charge in [0.1, 0.15) is 5.75 Å². The third-order valence-electron chi connectivity index (χ3n) is 3.28. The first-order valence-corrected chi connectivity index (χ1v) is 7.30. The lowest BCUT2D eigenvalue weighted by molar-refractivity contribution is 0.102. The Hall–Kier alpha value is -2.79. The summed E-state index contributed by atoms with van der Waals surface area (Å²) < 4.78 is 6.86. The molecule has 0 radical (unpaired) electrons. The molecule has 0 aliphatic carbocycles. The van der Waals surface area contributed by atoms with Crippen molar-refractivity contribution in [3.8, 4) is 11.4 Å². The Morgan fingerprint density at radius 2 is 2.00 bits per heavy atom. The molecule has 0 aliphatic heterocycles. The molecule has 0 saturated carbocycles. The quantitative estimate of drug-likeness (QED) is 0.793. The molecule has 1 aromatic heterocycles. The number of halogens is 1. The maximum atomic E-state index is 12.4. The standard InChI is InChI=1S/C17H14ClN3O2/c1-23-16-8-7-13(18)9-15(16)20-17(22)12-10-19-21(11-12)14-5-3-2-4-6-14/h2-11H,1H3,(H,20,22). The number of hydrogen-bond donors (Lipinski definition) is 1. The van der Waals surface area contributed by atoms with Gasteiger partial charge in [0.15, 0.2) is 0 Å². The van der Waals surface area contributed by atoms with Crippen LogP contribution in [0.25, 0.3) is 5.69 Å². The summed E-state index contributed by atoms with van der Waals surface area (Å²) in [5.41, 5.74) is 1.83. The minimum absolute atomic E-state index is 0.284. The molecule has 0 bridgehead atoms. The number of aromatic nitrogens is 2. The van der Waals surface area contributed by atoms with Gasteiger partial charge in [-0.15, -0.1) is 0 Å². The lowest BCUT2D eigenvalue weighted by Crippen LogP contribution is -2.12. The van der Waals surface area contributed by atoms with Crippen LogP contribution in [0.5, 0.6) is 5.75 Å². The number of amides is 1. The minimum atomic E-state index is -0.284. The molecular formula is C17H14ClN3O2. The van der Waals surface area contributed by atoms with Crippen molar-refractivity contribution >= 4 is 23.2 Å². The summed E-state index contributed by atoms with van der Waals surface area (Å²) in [7, 11) is 1.53. The summed E-state index contributed by atoms with van der Waals surface area (Å²) in [4.78, 5) is 12.4. The van der Waals surface area contributed by atoms with Gasteiger partial charge in [-0.2, -0.15) is 5.10 Å². The van der Waals surface area contributed by atoms with Crippen molar-refractivity contribution in [2.75, 3.05) is 12.4 Å². The first-order chi connectivity index (χ1) is 11.2. The van der Waals surface area contributed by atoms with E-state index in [1.54, 1.807) is 29.1 Å². The van der Waals surface area contributed by atoms with Gasteiger partial charge in [-0.25, -0.2) is 4.68 Å². The Labute approximate surface area is 138 Å². The van der Waals surface area contributed by atoms with Crippen molar-refractivity contribution in [3.63, 3.8) is 0 Å². The summed E-state index contributed by atoms with van der Waals surface area (Å²) in [5.74, 6) is 0.256. The average Bonchev–Trinajstić information content (AvgIpc) is 3.06. The number of para-hydroxylation sites is 1. The van der Waals surface area contributed by atoms with E-state index in [1.807, 2.05) is 30.3 Å². The predicted molar refractivity (Wildman–Crippen MR) is 89.5 cm³/mol. The van der Waals surface area contributed by atoms with Crippen molar-refractivity contribution in [1.82, 2.24) is 9.78 Å². The van der Waals surface area contributed by atoms with E-state index in [9.17, 15) is 4.79 Å². The molecule has 0 aliphatic rings. The highest BCUT2D eigenvalue weighted by atomic mass is 35.5. The van der Waals surface area contributed by atoms with Gasteiger partial charge in [-0.1, -0.05) is 29.8 Å². The molecule has 0 saturated heterocycles. The zero-order valence-electron chi connectivity index (χ0n) is 12.4. The van der Waals surface area contributed by atoms with Gasteiger partial charge in [-0.3, -0.25) is 4.79 Å². The summed E-state index contributed by atoms with van der Waals surface area (Å²) in [5, 5.41) is 7.50. The number of nitrogens with zero attached hydrogens (tertiary/aromatic N) is 2. The second kappa shape index (κ2) is 6.54. The first-order valence-electron chi connectivity index (χ1n) is 6.92. The van der Waals surface area contributed by atoms with Crippen molar-refractivity contribution in [2.24, 2.45) is 0 Å². The van der Waals surface area contributed by atoms with Crippen LogP contribution >= 0.6 is 11.6 Å². The fourth-order valence-corrected chi connectivity index (χ4v) is 2.31. The van der Waals surface area contributed by atoms with Crippen LogP contribution in [0.15, 0.2) is 60.9 Å². The number of benzene rings is 2. The van der Waals surface area contributed by atoms with Crippen LogP contribution in [0.3, 0.4) is 0 Å². The average molecular weight is 328 g/mol. The van der Waals surface area contributed by atoms with E-state index in [1.165, 1.54) is 13.3 Å². The molecule has 1 N–H and O–H groups in total. The van der Waals surface area contributed by atoms with Crippen molar-refractivity contribution in [3.05, 3.63) is 71.5 Å². The lowest BCUT2D eigenvalue weighted by atomic mass is 10.2. The van der Waals surface area contributed by atoms with E-state index >= 15 is 0 Å². The van der Waals surface area contributed by atoms with Gasteiger partial charge in [0.25, 0.3) is 5.91 Å². The zero-order valence-corrected chi connectivity index (χ0v) is 13.1. The zero-order chi connectivity index (χ0) is 16.2. The number of nitrogens with one attached hydrogen (secondary N) is 1. The normalized spacial score (nSPS) is 10.3. The third-order valence-corrected chi connectivity index (χ3v) is 3.51. The first kappa shape index (κ1) is 15.1. The van der Waals surface area contributed by atoms with Crippen LogP contribution in [0.2, 0.25) is 5.02 Å². The molecule has 0 unspecified atom stereocenters. The van der Waals surface area contributed by atoms with Crippen molar-refractivity contribution in [1.29, 1.82) is 0 Å². The molecule has 1 amide bonds. The minimum Gasteiger partial charge on any atom is -0.495 e. The Morgan fingerprint density at radius 3 is 2.74 bits per heavy atom. The van der Waals surface area contributed by atoms with E-state index in [-0.39, 0.29) is 5.91 Å². The van der Waals surface area contributed by atoms with Gasteiger partial charge < -0.3 is 10.1 Å². The second-order valence-electron chi connectivity index (χ2n) is 4.81. The monoisotopic (exact) mass is 327 g/mol. The SMILES string of the molecule is COc1ccc(Cl)cc1NC(=O)c1cnn(-c2ccccc2)c1. The molecule has 1 heterocycles. The number of carbonyl (C=O) groups excluding carboxylic acids is 1. The molecular weight excluding hydrogens is 314 g/mol. The predicted octanol–water partition coefficient (Wildman–Crippen LogP) is 3.79. The van der Waals surface area contributed by atoms with Gasteiger partial charge in [0, 0.05) is 11.2 Å². The van der Waals surface area contributed by atoms with Crippen LogP contribution in [0.1, 0.15) is 10.4 Å². The van der Waals surface area contributed by atoms with Crippen LogP contribution in [-0.4, -0.2) is 22.8 Å². The number of rotatable bonds is 4. The topological polar surface area (TPSA) is 56.1 Å². The Balaban J connectivity index is 1.82. The summed E-state index contributed by atoms with van der Waals surface area (Å²) in [6, 6.07) is 14.6. The molecule has 3 aromatic rings. The van der Waals surface area contributed by atoms with Crippen LogP contribution in [-0.2, 0) is 0 Å². The Morgan fingerprint density at radius 1 is 1.22 bits per heavy atom. The highest BCUT2D eigenvalue weighted by Crippen LogP contribution is 2.28. The molecule has 0 spiro atoms. The fraction of sp³-hybridized carbons (Fsp3) is 0.0588. The molecule has 5 nitrogen and oxygen atoms in total.